The van der Waals surface area contributed by atoms with Crippen molar-refractivity contribution in [3.8, 4) is 0 Å². The van der Waals surface area contributed by atoms with Crippen molar-refractivity contribution in [2.45, 2.75) is 32.0 Å². The van der Waals surface area contributed by atoms with Gasteiger partial charge in [-0.05, 0) is 35.7 Å². The fourth-order valence-corrected chi connectivity index (χ4v) is 3.61. The van der Waals surface area contributed by atoms with Crippen LogP contribution >= 0.6 is 0 Å². The number of cyclic esters (lactones) is 1. The fourth-order valence-electron chi connectivity index (χ4n) is 3.61. The van der Waals surface area contributed by atoms with Gasteiger partial charge in [0.25, 0.3) is 0 Å². The number of nitrogens with two attached hydrogens (primary N) is 1. The summed E-state index contributed by atoms with van der Waals surface area (Å²) in [6.45, 7) is 1.60. The van der Waals surface area contributed by atoms with Crippen LogP contribution in [0.25, 0.3) is 0 Å². The van der Waals surface area contributed by atoms with Gasteiger partial charge in [-0.2, -0.15) is 0 Å². The Morgan fingerprint density at radius 3 is 2.52 bits per heavy atom. The van der Waals surface area contributed by atoms with Crippen LogP contribution in [0.15, 0.2) is 42.5 Å². The zero-order valence-corrected chi connectivity index (χ0v) is 14.7. The number of rotatable bonds is 5. The largest absolute Gasteiger partial charge is 0.444 e. The standard InChI is InChI=1S/C20H20FN3O3/c21-17-9-15(24-12-16(27-20(24)26)6-8-19(22)25)5-7-18(17)23-10-13-3-1-2-4-14(13)11-23/h1-5,7,9,16H,6,8,10-12H2,(H2,22,25)/t16-/m0/s1. The molecule has 2 aliphatic heterocycles. The van der Waals surface area contributed by atoms with Crippen molar-refractivity contribution >= 4 is 23.4 Å². The van der Waals surface area contributed by atoms with Crippen molar-refractivity contribution in [1.29, 1.82) is 0 Å². The number of hydrogen-bond acceptors (Lipinski definition) is 4. The molecule has 2 heterocycles. The van der Waals surface area contributed by atoms with Crippen LogP contribution < -0.4 is 15.5 Å². The number of ether oxygens (including phenoxy) is 1. The number of halogens is 1. The number of carbonyl (C=O) groups excluding carboxylic acids is 2. The Morgan fingerprint density at radius 1 is 1.19 bits per heavy atom. The summed E-state index contributed by atoms with van der Waals surface area (Å²) >= 11 is 0. The van der Waals surface area contributed by atoms with Gasteiger partial charge in [-0.3, -0.25) is 9.69 Å². The van der Waals surface area contributed by atoms with Gasteiger partial charge in [-0.15, -0.1) is 0 Å². The number of nitrogens with zero attached hydrogens (tertiary/aromatic N) is 2. The minimum absolute atomic E-state index is 0.147. The molecule has 140 valence electrons. The third-order valence-electron chi connectivity index (χ3n) is 5.01. The van der Waals surface area contributed by atoms with Gasteiger partial charge in [0.15, 0.2) is 0 Å². The van der Waals surface area contributed by atoms with Crippen LogP contribution in [0.1, 0.15) is 24.0 Å². The number of fused-ring (bicyclic) bond motifs is 1. The average Bonchev–Trinajstić information content (AvgIpc) is 3.23. The molecule has 2 N–H and O–H groups in total. The van der Waals surface area contributed by atoms with Crippen molar-refractivity contribution in [2.24, 2.45) is 5.73 Å². The predicted octanol–water partition coefficient (Wildman–Crippen LogP) is 2.94. The Labute approximate surface area is 156 Å². The molecule has 0 unspecified atom stereocenters. The molecule has 1 saturated heterocycles. The molecule has 6 nitrogen and oxygen atoms in total. The summed E-state index contributed by atoms with van der Waals surface area (Å²) in [5, 5.41) is 0. The fraction of sp³-hybridized carbons (Fsp3) is 0.300. The number of carbonyl (C=O) groups is 2. The Morgan fingerprint density at radius 2 is 1.89 bits per heavy atom. The third-order valence-corrected chi connectivity index (χ3v) is 5.01. The summed E-state index contributed by atoms with van der Waals surface area (Å²) in [6, 6.07) is 12.8. The van der Waals surface area contributed by atoms with Crippen molar-refractivity contribution in [1.82, 2.24) is 0 Å². The molecule has 1 atom stereocenters. The molecule has 1 fully saturated rings. The highest BCUT2D eigenvalue weighted by Crippen LogP contribution is 2.33. The van der Waals surface area contributed by atoms with E-state index in [-0.39, 0.29) is 18.8 Å². The van der Waals surface area contributed by atoms with Crippen LogP contribution in [0, 0.1) is 5.82 Å². The quantitative estimate of drug-likeness (QED) is 0.879. The highest BCUT2D eigenvalue weighted by Gasteiger charge is 2.33. The highest BCUT2D eigenvalue weighted by atomic mass is 19.1. The summed E-state index contributed by atoms with van der Waals surface area (Å²) in [5.41, 5.74) is 8.47. The Hall–Kier alpha value is -3.09. The second-order valence-electron chi connectivity index (χ2n) is 6.88. The van der Waals surface area contributed by atoms with Gasteiger partial charge < -0.3 is 15.4 Å². The maximum Gasteiger partial charge on any atom is 0.414 e. The molecule has 2 aliphatic rings. The Balaban J connectivity index is 1.48. The Bertz CT molecular complexity index is 877. The molecule has 0 saturated carbocycles. The lowest BCUT2D eigenvalue weighted by Gasteiger charge is -2.20. The number of primary amides is 1. The lowest BCUT2D eigenvalue weighted by Crippen LogP contribution is -2.25. The molecule has 0 spiro atoms. The van der Waals surface area contributed by atoms with Gasteiger partial charge in [0, 0.05) is 19.5 Å². The summed E-state index contributed by atoms with van der Waals surface area (Å²) < 4.78 is 20.0. The van der Waals surface area contributed by atoms with Crippen molar-refractivity contribution < 1.29 is 18.7 Å². The van der Waals surface area contributed by atoms with Crippen LogP contribution in [0.3, 0.4) is 0 Å². The van der Waals surface area contributed by atoms with Crippen LogP contribution in [0.4, 0.5) is 20.6 Å². The van der Waals surface area contributed by atoms with Gasteiger partial charge in [-0.25, -0.2) is 9.18 Å². The topological polar surface area (TPSA) is 75.9 Å². The van der Waals surface area contributed by atoms with E-state index in [0.717, 1.165) is 0 Å². The lowest BCUT2D eigenvalue weighted by molar-refractivity contribution is -0.118. The summed E-state index contributed by atoms with van der Waals surface area (Å²) in [7, 11) is 0. The van der Waals surface area contributed by atoms with E-state index in [0.29, 0.717) is 30.9 Å². The molecular weight excluding hydrogens is 349 g/mol. The zero-order valence-electron chi connectivity index (χ0n) is 14.7. The van der Waals surface area contributed by atoms with E-state index in [9.17, 15) is 14.0 Å². The van der Waals surface area contributed by atoms with Gasteiger partial charge in [0.1, 0.15) is 11.9 Å². The SMILES string of the molecule is NC(=O)CC[C@H]1CN(c2ccc(N3Cc4ccccc4C3)c(F)c2)C(=O)O1. The van der Waals surface area contributed by atoms with Crippen molar-refractivity contribution in [3.05, 3.63) is 59.4 Å². The van der Waals surface area contributed by atoms with E-state index < -0.39 is 18.1 Å². The van der Waals surface area contributed by atoms with Crippen LogP contribution in [0.2, 0.25) is 0 Å². The third kappa shape index (κ3) is 3.45. The van der Waals surface area contributed by atoms with Crippen molar-refractivity contribution in [3.63, 3.8) is 0 Å². The molecule has 0 aliphatic carbocycles. The second-order valence-corrected chi connectivity index (χ2v) is 6.88. The van der Waals surface area contributed by atoms with Gasteiger partial charge >= 0.3 is 6.09 Å². The summed E-state index contributed by atoms with van der Waals surface area (Å²) in [4.78, 5) is 26.3. The first-order valence-corrected chi connectivity index (χ1v) is 8.89. The molecule has 7 heteroatoms. The summed E-state index contributed by atoms with van der Waals surface area (Å²) in [6.07, 6.45) is -0.440. The molecule has 0 bridgehead atoms. The maximum absolute atomic E-state index is 14.8. The highest BCUT2D eigenvalue weighted by molar-refractivity contribution is 5.90. The monoisotopic (exact) mass is 369 g/mol. The molecule has 27 heavy (non-hydrogen) atoms. The van der Waals surface area contributed by atoms with Crippen LogP contribution in [0.5, 0.6) is 0 Å². The molecule has 2 amide bonds. The maximum atomic E-state index is 14.8. The van der Waals surface area contributed by atoms with E-state index in [1.165, 1.54) is 22.1 Å². The molecule has 2 aromatic carbocycles. The zero-order chi connectivity index (χ0) is 19.0. The summed E-state index contributed by atoms with van der Waals surface area (Å²) in [5.74, 6) is -0.819. The van der Waals surface area contributed by atoms with Gasteiger partial charge in [-0.1, -0.05) is 24.3 Å². The van der Waals surface area contributed by atoms with E-state index in [1.54, 1.807) is 12.1 Å². The molecule has 0 radical (unpaired) electrons. The first kappa shape index (κ1) is 17.3. The molecular formula is C20H20FN3O3. The Kier molecular flexibility index (Phi) is 4.43. The van der Waals surface area contributed by atoms with E-state index in [1.807, 2.05) is 29.2 Å². The van der Waals surface area contributed by atoms with Crippen LogP contribution in [-0.4, -0.2) is 24.6 Å². The van der Waals surface area contributed by atoms with Gasteiger partial charge in [0.2, 0.25) is 5.91 Å². The lowest BCUT2D eigenvalue weighted by atomic mass is 10.1. The molecule has 0 aromatic heterocycles. The average molecular weight is 369 g/mol. The van der Waals surface area contributed by atoms with E-state index in [4.69, 9.17) is 10.5 Å². The number of amides is 2. The smallest absolute Gasteiger partial charge is 0.414 e. The predicted molar refractivity (Wildman–Crippen MR) is 98.8 cm³/mol. The van der Waals surface area contributed by atoms with E-state index in [2.05, 4.69) is 0 Å². The number of anilines is 2. The number of hydrogen-bond donors (Lipinski definition) is 1. The second kappa shape index (κ2) is 6.90. The number of benzene rings is 2. The first-order chi connectivity index (χ1) is 13.0. The van der Waals surface area contributed by atoms with Crippen LogP contribution in [-0.2, 0) is 22.6 Å². The van der Waals surface area contributed by atoms with Crippen molar-refractivity contribution in [2.75, 3.05) is 16.3 Å². The molecule has 4 rings (SSSR count). The molecule has 2 aromatic rings. The van der Waals surface area contributed by atoms with Gasteiger partial charge in [0.05, 0.1) is 17.9 Å². The minimum atomic E-state index is -0.537. The van der Waals surface area contributed by atoms with E-state index >= 15 is 0 Å². The minimum Gasteiger partial charge on any atom is -0.444 e. The normalized spacial score (nSPS) is 18.6. The first-order valence-electron chi connectivity index (χ1n) is 8.89.